The fourth-order valence-corrected chi connectivity index (χ4v) is 3.41. The first kappa shape index (κ1) is 19.1. The van der Waals surface area contributed by atoms with E-state index < -0.39 is 0 Å². The van der Waals surface area contributed by atoms with Crippen molar-refractivity contribution in [2.24, 2.45) is 0 Å². The minimum absolute atomic E-state index is 0.0216. The van der Waals surface area contributed by atoms with Crippen molar-refractivity contribution in [1.29, 1.82) is 0 Å². The molecule has 2 aromatic rings. The van der Waals surface area contributed by atoms with Crippen molar-refractivity contribution in [3.05, 3.63) is 41.1 Å². The van der Waals surface area contributed by atoms with E-state index in [0.717, 1.165) is 49.6 Å². The van der Waals surface area contributed by atoms with E-state index in [1.54, 1.807) is 6.92 Å². The van der Waals surface area contributed by atoms with Crippen LogP contribution in [0.4, 0.5) is 17.5 Å². The lowest BCUT2D eigenvalue weighted by Gasteiger charge is -2.19. The van der Waals surface area contributed by atoms with Crippen LogP contribution in [0, 0.1) is 13.8 Å². The first-order valence-corrected chi connectivity index (χ1v) is 9.69. The maximum atomic E-state index is 11.3. The average molecular weight is 367 g/mol. The number of aromatic nitrogens is 2. The van der Waals surface area contributed by atoms with E-state index in [0.29, 0.717) is 5.95 Å². The van der Waals surface area contributed by atoms with Gasteiger partial charge in [-0.05, 0) is 49.9 Å². The molecule has 1 aliphatic heterocycles. The lowest BCUT2D eigenvalue weighted by molar-refractivity contribution is -0.119. The molecule has 0 unspecified atom stereocenters. The second-order valence-corrected chi connectivity index (χ2v) is 7.35. The molecule has 1 atom stereocenters. The van der Waals surface area contributed by atoms with Crippen molar-refractivity contribution in [1.82, 2.24) is 15.3 Å². The van der Waals surface area contributed by atoms with Crippen LogP contribution in [0.3, 0.4) is 0 Å². The van der Waals surface area contributed by atoms with Gasteiger partial charge in [-0.25, -0.2) is 4.98 Å². The van der Waals surface area contributed by atoms with Crippen LogP contribution in [0.1, 0.15) is 43.5 Å². The number of benzene rings is 1. The van der Waals surface area contributed by atoms with Gasteiger partial charge in [-0.1, -0.05) is 19.4 Å². The molecule has 0 aliphatic carbocycles. The Labute approximate surface area is 161 Å². The molecule has 1 amide bonds. The van der Waals surface area contributed by atoms with Gasteiger partial charge in [0.1, 0.15) is 5.82 Å². The summed E-state index contributed by atoms with van der Waals surface area (Å²) in [6.07, 6.45) is 2.89. The molecule has 1 aliphatic rings. The van der Waals surface area contributed by atoms with Gasteiger partial charge in [0, 0.05) is 43.5 Å². The summed E-state index contributed by atoms with van der Waals surface area (Å²) in [5.74, 6) is 1.57. The fourth-order valence-electron chi connectivity index (χ4n) is 3.41. The number of nitrogens with one attached hydrogen (secondary N) is 2. The number of anilines is 3. The molecule has 2 heterocycles. The Bertz CT molecular complexity index is 820. The number of carbonyl (C=O) groups excluding carboxylic acids is 1. The zero-order valence-electron chi connectivity index (χ0n) is 16.7. The molecule has 0 saturated carbocycles. The van der Waals surface area contributed by atoms with Gasteiger partial charge >= 0.3 is 0 Å². The molecule has 1 fully saturated rings. The number of rotatable bonds is 6. The van der Waals surface area contributed by atoms with Gasteiger partial charge in [0.25, 0.3) is 0 Å². The molecule has 144 valence electrons. The summed E-state index contributed by atoms with van der Waals surface area (Å²) >= 11 is 0. The first-order chi connectivity index (χ1) is 12.9. The van der Waals surface area contributed by atoms with Crippen LogP contribution >= 0.6 is 0 Å². The summed E-state index contributed by atoms with van der Waals surface area (Å²) in [7, 11) is 0. The smallest absolute Gasteiger partial charge is 0.229 e. The van der Waals surface area contributed by atoms with Gasteiger partial charge < -0.3 is 15.5 Å². The molecular formula is C21H29N5O. The van der Waals surface area contributed by atoms with Gasteiger partial charge in [0.2, 0.25) is 11.9 Å². The van der Waals surface area contributed by atoms with Gasteiger partial charge in [-0.2, -0.15) is 4.98 Å². The Hall–Kier alpha value is -2.63. The standard InChI is InChI=1S/C21H29N5O/c1-5-6-17-12-20(26-10-9-19(13-26)22-16(4)27)25-21(23-17)24-18-8-7-14(2)15(3)11-18/h7-8,11-12,19H,5-6,9-10,13H2,1-4H3,(H,22,27)(H,23,24,25)/t19-/m0/s1. The van der Waals surface area contributed by atoms with Gasteiger partial charge in [0.05, 0.1) is 0 Å². The molecule has 27 heavy (non-hydrogen) atoms. The third-order valence-corrected chi connectivity index (χ3v) is 4.95. The number of aryl methyl sites for hydroxylation is 3. The van der Waals surface area contributed by atoms with Crippen molar-refractivity contribution in [3.8, 4) is 0 Å². The summed E-state index contributed by atoms with van der Waals surface area (Å²) in [6, 6.07) is 8.54. The van der Waals surface area contributed by atoms with Gasteiger partial charge in [-0.3, -0.25) is 4.79 Å². The summed E-state index contributed by atoms with van der Waals surface area (Å²) in [5.41, 5.74) is 4.54. The van der Waals surface area contributed by atoms with E-state index in [-0.39, 0.29) is 11.9 Å². The van der Waals surface area contributed by atoms with E-state index in [2.05, 4.69) is 60.6 Å². The van der Waals surface area contributed by atoms with Crippen molar-refractivity contribution < 1.29 is 4.79 Å². The monoisotopic (exact) mass is 367 g/mol. The number of nitrogens with zero attached hydrogens (tertiary/aromatic N) is 3. The molecule has 0 spiro atoms. The molecule has 6 heteroatoms. The molecule has 1 saturated heterocycles. The number of hydrogen-bond acceptors (Lipinski definition) is 5. The maximum absolute atomic E-state index is 11.3. The highest BCUT2D eigenvalue weighted by atomic mass is 16.1. The number of amides is 1. The van der Waals surface area contributed by atoms with Crippen molar-refractivity contribution in [2.45, 2.75) is 53.0 Å². The highest BCUT2D eigenvalue weighted by Gasteiger charge is 2.24. The second-order valence-electron chi connectivity index (χ2n) is 7.35. The molecule has 0 radical (unpaired) electrons. The van der Waals surface area contributed by atoms with Crippen molar-refractivity contribution in [3.63, 3.8) is 0 Å². The van der Waals surface area contributed by atoms with Crippen LogP contribution in [-0.2, 0) is 11.2 Å². The Morgan fingerprint density at radius 1 is 1.22 bits per heavy atom. The Kier molecular flexibility index (Phi) is 5.94. The molecule has 0 bridgehead atoms. The minimum Gasteiger partial charge on any atom is -0.354 e. The third-order valence-electron chi connectivity index (χ3n) is 4.95. The zero-order valence-corrected chi connectivity index (χ0v) is 16.7. The van der Waals surface area contributed by atoms with E-state index in [1.165, 1.54) is 11.1 Å². The quantitative estimate of drug-likeness (QED) is 0.818. The van der Waals surface area contributed by atoms with Crippen LogP contribution < -0.4 is 15.5 Å². The van der Waals surface area contributed by atoms with Crippen molar-refractivity contribution >= 4 is 23.4 Å². The Balaban J connectivity index is 1.82. The summed E-state index contributed by atoms with van der Waals surface area (Å²) in [4.78, 5) is 23.0. The zero-order chi connectivity index (χ0) is 19.4. The molecule has 3 rings (SSSR count). The first-order valence-electron chi connectivity index (χ1n) is 9.69. The SMILES string of the molecule is CCCc1cc(N2CC[C@H](NC(C)=O)C2)nc(Nc2ccc(C)c(C)c2)n1. The molecule has 6 nitrogen and oxygen atoms in total. The van der Waals surface area contributed by atoms with Crippen LogP contribution in [0.5, 0.6) is 0 Å². The predicted octanol–water partition coefficient (Wildman–Crippen LogP) is 3.50. The topological polar surface area (TPSA) is 70.2 Å². The number of hydrogen-bond donors (Lipinski definition) is 2. The summed E-state index contributed by atoms with van der Waals surface area (Å²) in [5, 5.41) is 6.37. The fraction of sp³-hybridized carbons (Fsp3) is 0.476. The van der Waals surface area contributed by atoms with Crippen LogP contribution in [0.15, 0.2) is 24.3 Å². The highest BCUT2D eigenvalue weighted by molar-refractivity contribution is 5.73. The van der Waals surface area contributed by atoms with Crippen LogP contribution in [-0.4, -0.2) is 35.0 Å². The largest absolute Gasteiger partial charge is 0.354 e. The predicted molar refractivity (Wildman–Crippen MR) is 110 cm³/mol. The lowest BCUT2D eigenvalue weighted by Crippen LogP contribution is -2.35. The third kappa shape index (κ3) is 4.96. The minimum atomic E-state index is 0.0216. The van der Waals surface area contributed by atoms with Gasteiger partial charge in [0.15, 0.2) is 0 Å². The highest BCUT2D eigenvalue weighted by Crippen LogP contribution is 2.23. The normalized spacial score (nSPS) is 16.4. The van der Waals surface area contributed by atoms with E-state index in [4.69, 9.17) is 9.97 Å². The number of carbonyl (C=O) groups is 1. The van der Waals surface area contributed by atoms with Crippen molar-refractivity contribution in [2.75, 3.05) is 23.3 Å². The van der Waals surface area contributed by atoms with Crippen LogP contribution in [0.25, 0.3) is 0 Å². The summed E-state index contributed by atoms with van der Waals surface area (Å²) in [6.45, 7) is 9.60. The van der Waals surface area contributed by atoms with Crippen LogP contribution in [0.2, 0.25) is 0 Å². The second kappa shape index (κ2) is 8.37. The summed E-state index contributed by atoms with van der Waals surface area (Å²) < 4.78 is 0. The average Bonchev–Trinajstić information content (AvgIpc) is 3.06. The lowest BCUT2D eigenvalue weighted by atomic mass is 10.1. The van der Waals surface area contributed by atoms with E-state index >= 15 is 0 Å². The molecule has 2 N–H and O–H groups in total. The van der Waals surface area contributed by atoms with E-state index in [9.17, 15) is 4.79 Å². The molecule has 1 aromatic carbocycles. The van der Waals surface area contributed by atoms with Gasteiger partial charge in [-0.15, -0.1) is 0 Å². The molecular weight excluding hydrogens is 338 g/mol. The molecule has 1 aromatic heterocycles. The maximum Gasteiger partial charge on any atom is 0.229 e. The van der Waals surface area contributed by atoms with E-state index in [1.807, 2.05) is 0 Å². The Morgan fingerprint density at radius 3 is 2.74 bits per heavy atom. The Morgan fingerprint density at radius 2 is 2.04 bits per heavy atom.